The Balaban J connectivity index is 3.16. The van der Waals surface area contributed by atoms with E-state index in [9.17, 15) is 4.55 Å². The molecule has 0 aliphatic rings. The summed E-state index contributed by atoms with van der Waals surface area (Å²) >= 11 is -1.15. The van der Waals surface area contributed by atoms with E-state index < -0.39 is 19.7 Å². The van der Waals surface area contributed by atoms with Gasteiger partial charge in [-0.1, -0.05) is 58.9 Å². The number of hydrogen-bond acceptors (Lipinski definition) is 3. The highest BCUT2D eigenvalue weighted by Crippen LogP contribution is 2.37. The minimum atomic E-state index is -1.88. The summed E-state index contributed by atoms with van der Waals surface area (Å²) in [5.41, 5.74) is 2.48. The van der Waals surface area contributed by atoms with Crippen molar-refractivity contribution in [2.24, 2.45) is 0 Å². The van der Waals surface area contributed by atoms with Gasteiger partial charge in [-0.15, -0.1) is 4.72 Å². The van der Waals surface area contributed by atoms with Crippen LogP contribution in [0.3, 0.4) is 0 Å². The standard InChI is InChI=1S/C21H39NO2SSi/c1-16(2)17-13-11-12-14-18(17)19(22-25(23)20(3,4)5)15-24-26(9,10)21(6,7)8/h11-14,16,19,22H,15H2,1-10H3. The summed E-state index contributed by atoms with van der Waals surface area (Å²) in [4.78, 5) is 0. The summed E-state index contributed by atoms with van der Waals surface area (Å²) in [6.45, 7) is 22.2. The van der Waals surface area contributed by atoms with Crippen LogP contribution in [0.2, 0.25) is 18.1 Å². The first-order valence-electron chi connectivity index (χ1n) is 9.57. The van der Waals surface area contributed by atoms with E-state index >= 15 is 0 Å². The summed E-state index contributed by atoms with van der Waals surface area (Å²) in [6.07, 6.45) is 0. The highest BCUT2D eigenvalue weighted by Gasteiger charge is 2.39. The molecule has 1 rings (SSSR count). The minimum absolute atomic E-state index is 0.0808. The van der Waals surface area contributed by atoms with E-state index in [1.165, 1.54) is 11.1 Å². The van der Waals surface area contributed by atoms with E-state index in [0.29, 0.717) is 12.5 Å². The lowest BCUT2D eigenvalue weighted by Crippen LogP contribution is -2.46. The Kier molecular flexibility index (Phi) is 8.01. The maximum absolute atomic E-state index is 12.8. The van der Waals surface area contributed by atoms with Crippen molar-refractivity contribution in [1.29, 1.82) is 0 Å². The number of hydrogen-bond donors (Lipinski definition) is 1. The fourth-order valence-corrected chi connectivity index (χ4v) is 4.18. The van der Waals surface area contributed by atoms with Crippen LogP contribution < -0.4 is 4.72 Å². The zero-order valence-corrected chi connectivity index (χ0v) is 20.2. The monoisotopic (exact) mass is 397 g/mol. The van der Waals surface area contributed by atoms with E-state index in [1.807, 2.05) is 20.8 Å². The predicted molar refractivity (Wildman–Crippen MR) is 117 cm³/mol. The van der Waals surface area contributed by atoms with Crippen LogP contribution in [0, 0.1) is 0 Å². The van der Waals surface area contributed by atoms with Gasteiger partial charge in [0.05, 0.1) is 12.6 Å². The van der Waals surface area contributed by atoms with Gasteiger partial charge in [0.25, 0.3) is 0 Å². The molecule has 5 heteroatoms. The van der Waals surface area contributed by atoms with Gasteiger partial charge >= 0.3 is 0 Å². The van der Waals surface area contributed by atoms with Crippen LogP contribution in [-0.2, 0) is 15.8 Å². The molecular formula is C21H39NO2SSi. The van der Waals surface area contributed by atoms with Gasteiger partial charge in [0.2, 0.25) is 0 Å². The molecule has 0 aromatic heterocycles. The Labute approximate surface area is 165 Å². The zero-order chi connectivity index (χ0) is 20.3. The third-order valence-electron chi connectivity index (χ3n) is 5.22. The van der Waals surface area contributed by atoms with Crippen molar-refractivity contribution in [2.75, 3.05) is 6.61 Å². The lowest BCUT2D eigenvalue weighted by Gasteiger charge is -2.38. The van der Waals surface area contributed by atoms with E-state index in [0.717, 1.165) is 0 Å². The molecule has 2 atom stereocenters. The minimum Gasteiger partial charge on any atom is -0.598 e. The van der Waals surface area contributed by atoms with E-state index in [2.05, 4.69) is 76.7 Å². The van der Waals surface area contributed by atoms with Crippen molar-refractivity contribution < 1.29 is 8.98 Å². The second-order valence-corrected chi connectivity index (χ2v) is 16.7. The quantitative estimate of drug-likeness (QED) is 0.458. The van der Waals surface area contributed by atoms with Crippen LogP contribution in [0.1, 0.15) is 78.5 Å². The SMILES string of the molecule is CC(C)c1ccccc1C(CO[Si](C)(C)C(C)(C)C)N[S+]([O-])C(C)(C)C. The molecule has 26 heavy (non-hydrogen) atoms. The number of nitrogens with one attached hydrogen (secondary N) is 1. The Bertz CT molecular complexity index is 576. The van der Waals surface area contributed by atoms with Crippen LogP contribution >= 0.6 is 0 Å². The molecule has 2 unspecified atom stereocenters. The maximum Gasteiger partial charge on any atom is 0.192 e. The van der Waals surface area contributed by atoms with E-state index in [1.54, 1.807) is 0 Å². The van der Waals surface area contributed by atoms with Crippen molar-refractivity contribution >= 4 is 19.7 Å². The smallest absolute Gasteiger partial charge is 0.192 e. The molecule has 0 spiro atoms. The highest BCUT2D eigenvalue weighted by molar-refractivity contribution is 7.90. The predicted octanol–water partition coefficient (Wildman–Crippen LogP) is 5.92. The van der Waals surface area contributed by atoms with Crippen LogP contribution in [0.25, 0.3) is 0 Å². The molecule has 1 N–H and O–H groups in total. The average molecular weight is 398 g/mol. The van der Waals surface area contributed by atoms with Crippen molar-refractivity contribution in [3.8, 4) is 0 Å². The molecule has 1 aromatic carbocycles. The summed E-state index contributed by atoms with van der Waals surface area (Å²) in [6, 6.07) is 8.36. The normalized spacial score (nSPS) is 16.0. The van der Waals surface area contributed by atoms with Crippen molar-refractivity contribution in [2.45, 2.75) is 90.2 Å². The third-order valence-corrected chi connectivity index (χ3v) is 11.3. The van der Waals surface area contributed by atoms with Gasteiger partial charge in [0, 0.05) is 11.4 Å². The molecule has 0 bridgehead atoms. The fourth-order valence-electron chi connectivity index (χ4n) is 2.36. The molecule has 0 saturated heterocycles. The molecule has 0 heterocycles. The second kappa shape index (κ2) is 8.78. The summed E-state index contributed by atoms with van der Waals surface area (Å²) in [7, 11) is -1.88. The molecule has 0 aliphatic heterocycles. The van der Waals surface area contributed by atoms with Gasteiger partial charge in [-0.05, 0) is 55.9 Å². The summed E-state index contributed by atoms with van der Waals surface area (Å²) in [5, 5.41) is 0.151. The Hall–Kier alpha value is -0.333. The van der Waals surface area contributed by atoms with Crippen molar-refractivity contribution in [1.82, 2.24) is 4.72 Å². The van der Waals surface area contributed by atoms with Crippen LogP contribution in [-0.4, -0.2) is 24.2 Å². The van der Waals surface area contributed by atoms with Gasteiger partial charge in [-0.2, -0.15) is 0 Å². The first-order chi connectivity index (χ1) is 11.7. The Morgan fingerprint density at radius 2 is 1.54 bits per heavy atom. The molecule has 0 amide bonds. The number of rotatable bonds is 7. The molecule has 3 nitrogen and oxygen atoms in total. The first-order valence-corrected chi connectivity index (χ1v) is 13.6. The third kappa shape index (κ3) is 6.38. The molecule has 0 fully saturated rings. The lowest BCUT2D eigenvalue weighted by atomic mass is 9.93. The van der Waals surface area contributed by atoms with Gasteiger partial charge in [0.1, 0.15) is 4.75 Å². The topological polar surface area (TPSA) is 44.3 Å². The van der Waals surface area contributed by atoms with Crippen molar-refractivity contribution in [3.63, 3.8) is 0 Å². The largest absolute Gasteiger partial charge is 0.598 e. The van der Waals surface area contributed by atoms with Gasteiger partial charge < -0.3 is 8.98 Å². The molecule has 0 saturated carbocycles. The summed E-state index contributed by atoms with van der Waals surface area (Å²) < 4.78 is 22.4. The average Bonchev–Trinajstić information content (AvgIpc) is 2.49. The molecule has 150 valence electrons. The van der Waals surface area contributed by atoms with Crippen LogP contribution in [0.15, 0.2) is 24.3 Å². The maximum atomic E-state index is 12.8. The Morgan fingerprint density at radius 3 is 1.96 bits per heavy atom. The number of benzene rings is 1. The van der Waals surface area contributed by atoms with E-state index in [-0.39, 0.29) is 15.8 Å². The second-order valence-electron chi connectivity index (χ2n) is 9.91. The molecular weight excluding hydrogens is 358 g/mol. The lowest BCUT2D eigenvalue weighted by molar-refractivity contribution is 0.255. The van der Waals surface area contributed by atoms with Crippen LogP contribution in [0.5, 0.6) is 0 Å². The Morgan fingerprint density at radius 1 is 1.04 bits per heavy atom. The van der Waals surface area contributed by atoms with E-state index in [4.69, 9.17) is 4.43 Å². The van der Waals surface area contributed by atoms with Gasteiger partial charge in [-0.3, -0.25) is 0 Å². The molecule has 1 aromatic rings. The summed E-state index contributed by atoms with van der Waals surface area (Å²) in [5.74, 6) is 0.409. The highest BCUT2D eigenvalue weighted by atomic mass is 32.2. The molecule has 0 radical (unpaired) electrons. The molecule has 0 aliphatic carbocycles. The van der Waals surface area contributed by atoms with Crippen LogP contribution in [0.4, 0.5) is 0 Å². The fraction of sp³-hybridized carbons (Fsp3) is 0.714. The van der Waals surface area contributed by atoms with Crippen molar-refractivity contribution in [3.05, 3.63) is 35.4 Å². The zero-order valence-electron chi connectivity index (χ0n) is 18.4. The van der Waals surface area contributed by atoms with Gasteiger partial charge in [-0.25, -0.2) is 0 Å². The van der Waals surface area contributed by atoms with Gasteiger partial charge in [0.15, 0.2) is 8.32 Å². The first kappa shape index (κ1) is 23.7.